The molecular formula is C25H29N5O4. The van der Waals surface area contributed by atoms with Crippen molar-refractivity contribution in [3.8, 4) is 28.5 Å². The van der Waals surface area contributed by atoms with Crippen molar-refractivity contribution in [2.75, 3.05) is 57.7 Å². The molecule has 1 aliphatic heterocycles. The summed E-state index contributed by atoms with van der Waals surface area (Å²) in [5, 5.41) is 11.8. The Morgan fingerprint density at radius 3 is 2.12 bits per heavy atom. The molecule has 34 heavy (non-hydrogen) atoms. The van der Waals surface area contributed by atoms with Crippen molar-refractivity contribution < 1.29 is 19.0 Å². The van der Waals surface area contributed by atoms with Gasteiger partial charge in [-0.25, -0.2) is 4.79 Å². The number of ether oxygens (including phenoxy) is 3. The maximum atomic E-state index is 12.7. The lowest BCUT2D eigenvalue weighted by atomic mass is 10.1. The molecule has 9 heteroatoms. The van der Waals surface area contributed by atoms with Crippen LogP contribution in [0.5, 0.6) is 17.2 Å². The van der Waals surface area contributed by atoms with E-state index in [-0.39, 0.29) is 6.03 Å². The highest BCUT2D eigenvalue weighted by Crippen LogP contribution is 2.40. The lowest BCUT2D eigenvalue weighted by Crippen LogP contribution is -2.50. The van der Waals surface area contributed by atoms with Crippen LogP contribution < -0.4 is 24.4 Å². The zero-order valence-electron chi connectivity index (χ0n) is 19.9. The quantitative estimate of drug-likeness (QED) is 0.594. The second-order valence-electron chi connectivity index (χ2n) is 7.91. The molecule has 3 aromatic rings. The summed E-state index contributed by atoms with van der Waals surface area (Å²) in [6.45, 7) is 4.55. The summed E-state index contributed by atoms with van der Waals surface area (Å²) in [5.41, 5.74) is 3.38. The molecule has 0 spiro atoms. The predicted octanol–water partition coefficient (Wildman–Crippen LogP) is 3.83. The van der Waals surface area contributed by atoms with Gasteiger partial charge in [-0.05, 0) is 42.8 Å². The fourth-order valence-electron chi connectivity index (χ4n) is 3.92. The average molecular weight is 464 g/mol. The third-order valence-electron chi connectivity index (χ3n) is 5.89. The molecule has 2 aromatic carbocycles. The van der Waals surface area contributed by atoms with Crippen LogP contribution in [-0.4, -0.2) is 68.6 Å². The number of urea groups is 1. The van der Waals surface area contributed by atoms with Gasteiger partial charge in [0.1, 0.15) is 0 Å². The summed E-state index contributed by atoms with van der Waals surface area (Å²) in [4.78, 5) is 16.6. The van der Waals surface area contributed by atoms with Crippen molar-refractivity contribution in [3.63, 3.8) is 0 Å². The number of methoxy groups -OCH3 is 3. The van der Waals surface area contributed by atoms with Crippen molar-refractivity contribution in [2.24, 2.45) is 0 Å². The largest absolute Gasteiger partial charge is 0.493 e. The van der Waals surface area contributed by atoms with Crippen molar-refractivity contribution >= 4 is 17.5 Å². The highest BCUT2D eigenvalue weighted by molar-refractivity contribution is 5.90. The van der Waals surface area contributed by atoms with Crippen LogP contribution >= 0.6 is 0 Å². The first kappa shape index (κ1) is 23.2. The summed E-state index contributed by atoms with van der Waals surface area (Å²) in [6.07, 6.45) is 0. The van der Waals surface area contributed by atoms with Gasteiger partial charge in [0.05, 0.1) is 27.0 Å². The molecular weight excluding hydrogens is 434 g/mol. The Balaban J connectivity index is 1.41. The van der Waals surface area contributed by atoms with E-state index < -0.39 is 0 Å². The van der Waals surface area contributed by atoms with Gasteiger partial charge in [0.15, 0.2) is 17.3 Å². The lowest BCUT2D eigenvalue weighted by Gasteiger charge is -2.35. The molecule has 1 aromatic heterocycles. The van der Waals surface area contributed by atoms with E-state index in [0.717, 1.165) is 22.6 Å². The maximum Gasteiger partial charge on any atom is 0.321 e. The van der Waals surface area contributed by atoms with Crippen molar-refractivity contribution in [2.45, 2.75) is 6.92 Å². The van der Waals surface area contributed by atoms with E-state index in [1.165, 1.54) is 0 Å². The number of aryl methyl sites for hydroxylation is 1. The van der Waals surface area contributed by atoms with Crippen LogP contribution in [0.1, 0.15) is 5.56 Å². The number of aromatic nitrogens is 2. The van der Waals surface area contributed by atoms with Crippen LogP contribution in [0.4, 0.5) is 16.3 Å². The van der Waals surface area contributed by atoms with Gasteiger partial charge in [0.25, 0.3) is 0 Å². The zero-order chi connectivity index (χ0) is 24.1. The van der Waals surface area contributed by atoms with Crippen molar-refractivity contribution in [1.29, 1.82) is 0 Å². The van der Waals surface area contributed by atoms with E-state index in [4.69, 9.17) is 14.2 Å². The standard InChI is InChI=1S/C25H29N5O4/c1-17-7-5-6-8-19(17)26-25(31)30-13-11-29(12-14-30)23-10-9-20(27-28-23)18-15-21(32-2)24(34-4)22(16-18)33-3/h5-10,15-16H,11-14H2,1-4H3,(H,26,31). The normalized spacial score (nSPS) is 13.4. The number of benzene rings is 2. The maximum absolute atomic E-state index is 12.7. The number of carbonyl (C=O) groups is 1. The van der Waals surface area contributed by atoms with Crippen LogP contribution in [0.25, 0.3) is 11.3 Å². The number of rotatable bonds is 6. The van der Waals surface area contributed by atoms with Crippen LogP contribution in [0.3, 0.4) is 0 Å². The molecule has 2 heterocycles. The summed E-state index contributed by atoms with van der Waals surface area (Å²) in [6, 6.07) is 15.2. The Bertz CT molecular complexity index is 1120. The molecule has 0 radical (unpaired) electrons. The van der Waals surface area contributed by atoms with E-state index in [2.05, 4.69) is 20.4 Å². The SMILES string of the molecule is COc1cc(-c2ccc(N3CCN(C(=O)Nc4ccccc4C)CC3)nn2)cc(OC)c1OC. The van der Waals surface area contributed by atoms with Gasteiger partial charge in [-0.3, -0.25) is 0 Å². The molecule has 0 aliphatic carbocycles. The van der Waals surface area contributed by atoms with Gasteiger partial charge in [-0.1, -0.05) is 18.2 Å². The van der Waals surface area contributed by atoms with Crippen LogP contribution in [0.15, 0.2) is 48.5 Å². The number of hydrogen-bond acceptors (Lipinski definition) is 7. The monoisotopic (exact) mass is 463 g/mol. The molecule has 1 N–H and O–H groups in total. The van der Waals surface area contributed by atoms with Gasteiger partial charge >= 0.3 is 6.03 Å². The van der Waals surface area contributed by atoms with E-state index in [1.54, 1.807) is 21.3 Å². The second-order valence-corrected chi connectivity index (χ2v) is 7.91. The van der Waals surface area contributed by atoms with Gasteiger partial charge in [-0.2, -0.15) is 0 Å². The van der Waals surface area contributed by atoms with E-state index in [9.17, 15) is 4.79 Å². The topological polar surface area (TPSA) is 89.1 Å². The molecule has 178 valence electrons. The fourth-order valence-corrected chi connectivity index (χ4v) is 3.92. The fraction of sp³-hybridized carbons (Fsp3) is 0.320. The third kappa shape index (κ3) is 4.83. The minimum atomic E-state index is -0.0854. The number of carbonyl (C=O) groups excluding carboxylic acids is 1. The Hall–Kier alpha value is -4.01. The van der Waals surface area contributed by atoms with E-state index in [1.807, 2.05) is 60.4 Å². The molecule has 1 aliphatic rings. The highest BCUT2D eigenvalue weighted by Gasteiger charge is 2.23. The molecule has 0 atom stereocenters. The number of nitrogens with zero attached hydrogens (tertiary/aromatic N) is 4. The van der Waals surface area contributed by atoms with Crippen molar-refractivity contribution in [1.82, 2.24) is 15.1 Å². The van der Waals surface area contributed by atoms with Crippen molar-refractivity contribution in [3.05, 3.63) is 54.1 Å². The minimum absolute atomic E-state index is 0.0854. The molecule has 0 bridgehead atoms. The Kier molecular flexibility index (Phi) is 7.01. The number of hydrogen-bond donors (Lipinski definition) is 1. The van der Waals surface area contributed by atoms with Crippen LogP contribution in [0.2, 0.25) is 0 Å². The number of para-hydroxylation sites is 1. The number of piperazine rings is 1. The molecule has 2 amide bonds. The molecule has 9 nitrogen and oxygen atoms in total. The average Bonchev–Trinajstić information content (AvgIpc) is 2.89. The second kappa shape index (κ2) is 10.3. The van der Waals surface area contributed by atoms with Crippen LogP contribution in [-0.2, 0) is 0 Å². The van der Waals surface area contributed by atoms with Gasteiger partial charge < -0.3 is 29.3 Å². The minimum Gasteiger partial charge on any atom is -0.493 e. The Morgan fingerprint density at radius 2 is 1.56 bits per heavy atom. The number of anilines is 2. The molecule has 1 saturated heterocycles. The smallest absolute Gasteiger partial charge is 0.321 e. The van der Waals surface area contributed by atoms with Crippen LogP contribution in [0, 0.1) is 6.92 Å². The summed E-state index contributed by atoms with van der Waals surface area (Å²) >= 11 is 0. The first-order chi connectivity index (χ1) is 16.5. The number of nitrogens with one attached hydrogen (secondary N) is 1. The summed E-state index contributed by atoms with van der Waals surface area (Å²) in [5.74, 6) is 2.42. The van der Waals surface area contributed by atoms with Gasteiger partial charge in [0, 0.05) is 37.4 Å². The van der Waals surface area contributed by atoms with Gasteiger partial charge in [0.2, 0.25) is 5.75 Å². The highest BCUT2D eigenvalue weighted by atomic mass is 16.5. The predicted molar refractivity (Wildman–Crippen MR) is 131 cm³/mol. The lowest BCUT2D eigenvalue weighted by molar-refractivity contribution is 0.208. The molecule has 4 rings (SSSR count). The molecule has 1 fully saturated rings. The first-order valence-electron chi connectivity index (χ1n) is 11.0. The summed E-state index contributed by atoms with van der Waals surface area (Å²) < 4.78 is 16.3. The molecule has 0 unspecified atom stereocenters. The third-order valence-corrected chi connectivity index (χ3v) is 5.89. The zero-order valence-corrected chi connectivity index (χ0v) is 19.9. The summed E-state index contributed by atoms with van der Waals surface area (Å²) in [7, 11) is 4.73. The van der Waals surface area contributed by atoms with Gasteiger partial charge in [-0.15, -0.1) is 10.2 Å². The first-order valence-corrected chi connectivity index (χ1v) is 11.0. The Labute approximate surface area is 199 Å². The Morgan fingerprint density at radius 1 is 0.882 bits per heavy atom. The van der Waals surface area contributed by atoms with E-state index in [0.29, 0.717) is 49.1 Å². The number of amides is 2. The molecule has 0 saturated carbocycles. The van der Waals surface area contributed by atoms with E-state index >= 15 is 0 Å².